The summed E-state index contributed by atoms with van der Waals surface area (Å²) in [7, 11) is 0. The molecule has 0 bridgehead atoms. The van der Waals surface area contributed by atoms with Crippen LogP contribution in [0.15, 0.2) is 36.4 Å². The number of benzene rings is 2. The second-order valence-corrected chi connectivity index (χ2v) is 4.01. The minimum atomic E-state index is 0.523. The van der Waals surface area contributed by atoms with Crippen LogP contribution in [0.5, 0.6) is 0 Å². The molecule has 8 N–H and O–H groups in total. The highest BCUT2D eigenvalue weighted by molar-refractivity contribution is 7.50. The van der Waals surface area contributed by atoms with E-state index in [1.54, 1.807) is 0 Å². The van der Waals surface area contributed by atoms with Crippen molar-refractivity contribution in [2.24, 2.45) is 0 Å². The predicted octanol–water partition coefficient (Wildman–Crippen LogP) is 0.757. The van der Waals surface area contributed by atoms with Crippen molar-refractivity contribution in [1.29, 1.82) is 0 Å². The highest BCUT2D eigenvalue weighted by Crippen LogP contribution is 2.33. The van der Waals surface area contributed by atoms with E-state index < -0.39 is 0 Å². The Labute approximate surface area is 105 Å². The Morgan fingerprint density at radius 2 is 1.47 bits per heavy atom. The van der Waals surface area contributed by atoms with Gasteiger partial charge in [0.05, 0.1) is 5.69 Å². The Bertz CT molecular complexity index is 537. The number of rotatable bonds is 2. The minimum absolute atomic E-state index is 0.523. The van der Waals surface area contributed by atoms with Gasteiger partial charge in [0.25, 0.3) is 0 Å². The third kappa shape index (κ3) is 2.15. The van der Waals surface area contributed by atoms with Crippen molar-refractivity contribution in [2.75, 3.05) is 17.2 Å². The van der Waals surface area contributed by atoms with Gasteiger partial charge in [-0.15, -0.1) is 0 Å². The van der Waals surface area contributed by atoms with Gasteiger partial charge in [0, 0.05) is 17.3 Å². The Hall–Kier alpha value is -1.85. The molecule has 0 heterocycles. The fourth-order valence-electron chi connectivity index (χ4n) is 1.67. The summed E-state index contributed by atoms with van der Waals surface area (Å²) in [6, 6.07) is 11.3. The van der Waals surface area contributed by atoms with Crippen LogP contribution < -0.4 is 21.9 Å². The van der Waals surface area contributed by atoms with Gasteiger partial charge in [-0.05, 0) is 23.8 Å². The van der Waals surface area contributed by atoms with Crippen LogP contribution in [0.3, 0.4) is 0 Å². The molecule has 0 aliphatic rings. The molecule has 88 valence electrons. The normalized spacial score (nSPS) is 10.4. The molecule has 0 amide bonds. The first-order valence-electron chi connectivity index (χ1n) is 5.12. The molecule has 5 heteroatoms. The van der Waals surface area contributed by atoms with Gasteiger partial charge in [0.15, 0.2) is 0 Å². The number of hydrogen-bond acceptors (Lipinski definition) is 4. The topological polar surface area (TPSA) is 94.7 Å². The molecule has 17 heavy (non-hydrogen) atoms. The zero-order valence-corrected chi connectivity index (χ0v) is 10.00. The molecule has 2 aromatic rings. The maximum absolute atomic E-state index is 6.01. The molecule has 0 aliphatic carbocycles. The van der Waals surface area contributed by atoms with Crippen molar-refractivity contribution in [2.45, 2.75) is 0 Å². The van der Waals surface area contributed by atoms with Gasteiger partial charge in [-0.25, -0.2) is 0 Å². The molecular weight excluding hydrogens is 232 g/mol. The SMILES string of the molecule is Nc1ccc(-c2ccc([NH2+][S-])c(N)c2N)cc1. The fourth-order valence-corrected chi connectivity index (χ4v) is 1.88. The number of hydrogen-bond donors (Lipinski definition) is 4. The quantitative estimate of drug-likeness (QED) is 0.465. The Balaban J connectivity index is 2.53. The van der Waals surface area contributed by atoms with Crippen LogP contribution in [-0.4, -0.2) is 0 Å². The lowest BCUT2D eigenvalue weighted by molar-refractivity contribution is -0.374. The lowest BCUT2D eigenvalue weighted by Gasteiger charge is -2.12. The second kappa shape index (κ2) is 4.57. The van der Waals surface area contributed by atoms with Gasteiger partial charge in [-0.1, -0.05) is 12.1 Å². The zero-order chi connectivity index (χ0) is 12.4. The van der Waals surface area contributed by atoms with Crippen LogP contribution in [0, 0.1) is 0 Å². The summed E-state index contributed by atoms with van der Waals surface area (Å²) in [6.07, 6.45) is 0. The molecule has 0 saturated heterocycles. The van der Waals surface area contributed by atoms with Gasteiger partial charge in [0.2, 0.25) is 0 Å². The average molecular weight is 246 g/mol. The monoisotopic (exact) mass is 246 g/mol. The van der Waals surface area contributed by atoms with Crippen molar-refractivity contribution in [3.8, 4) is 11.1 Å². The zero-order valence-electron chi connectivity index (χ0n) is 9.18. The van der Waals surface area contributed by atoms with E-state index in [2.05, 4.69) is 0 Å². The predicted molar refractivity (Wildman–Crippen MR) is 74.1 cm³/mol. The maximum atomic E-state index is 6.01. The average Bonchev–Trinajstić information content (AvgIpc) is 2.34. The van der Waals surface area contributed by atoms with Crippen LogP contribution in [0.4, 0.5) is 22.7 Å². The summed E-state index contributed by atoms with van der Waals surface area (Å²) in [5.41, 5.74) is 22.0. The summed E-state index contributed by atoms with van der Waals surface area (Å²) in [5.74, 6) is 0. The Kier molecular flexibility index (Phi) is 3.12. The highest BCUT2D eigenvalue weighted by atomic mass is 32.1. The fraction of sp³-hybridized carbons (Fsp3) is 0. The molecule has 0 spiro atoms. The van der Waals surface area contributed by atoms with E-state index in [1.165, 1.54) is 4.72 Å². The van der Waals surface area contributed by atoms with Crippen LogP contribution >= 0.6 is 0 Å². The van der Waals surface area contributed by atoms with E-state index in [1.807, 2.05) is 36.4 Å². The molecular formula is C12H14N4S. The van der Waals surface area contributed by atoms with Crippen LogP contribution in [0.25, 0.3) is 11.1 Å². The lowest BCUT2D eigenvalue weighted by Crippen LogP contribution is -2.70. The Morgan fingerprint density at radius 3 is 2.06 bits per heavy atom. The molecule has 0 atom stereocenters. The summed E-state index contributed by atoms with van der Waals surface area (Å²) < 4.78 is 1.53. The van der Waals surface area contributed by atoms with Crippen LogP contribution in [0.1, 0.15) is 0 Å². The van der Waals surface area contributed by atoms with Gasteiger partial charge in [-0.2, -0.15) is 0 Å². The van der Waals surface area contributed by atoms with E-state index in [-0.39, 0.29) is 0 Å². The largest absolute Gasteiger partial charge is 0.492 e. The number of quaternary nitrogens is 1. The summed E-state index contributed by atoms with van der Waals surface area (Å²) in [4.78, 5) is 0. The third-order valence-corrected chi connectivity index (χ3v) is 2.92. The standard InChI is InChI=1S/C12H14N4S/c13-8-3-1-7(2-4-8)9-5-6-10(16-17)12(15)11(9)14/h1-6H,13-16H2. The van der Waals surface area contributed by atoms with Crippen molar-refractivity contribution >= 4 is 35.6 Å². The first-order valence-corrected chi connectivity index (χ1v) is 5.59. The number of nitrogens with two attached hydrogens (primary N) is 4. The summed E-state index contributed by atoms with van der Waals surface area (Å²) in [5, 5.41) is 0. The Morgan fingerprint density at radius 1 is 0.824 bits per heavy atom. The minimum Gasteiger partial charge on any atom is -0.492 e. The molecule has 2 rings (SSSR count). The number of anilines is 3. The van der Waals surface area contributed by atoms with Crippen LogP contribution in [-0.2, 0) is 12.8 Å². The van der Waals surface area contributed by atoms with Crippen molar-refractivity contribution < 1.29 is 4.72 Å². The van der Waals surface area contributed by atoms with E-state index in [9.17, 15) is 0 Å². The van der Waals surface area contributed by atoms with Gasteiger partial charge in [0.1, 0.15) is 11.4 Å². The van der Waals surface area contributed by atoms with Crippen molar-refractivity contribution in [3.05, 3.63) is 36.4 Å². The third-order valence-electron chi connectivity index (χ3n) is 2.67. The smallest absolute Gasteiger partial charge is 0.137 e. The molecule has 0 radical (unpaired) electrons. The van der Waals surface area contributed by atoms with E-state index in [4.69, 9.17) is 30.0 Å². The van der Waals surface area contributed by atoms with E-state index in [0.717, 1.165) is 22.5 Å². The second-order valence-electron chi connectivity index (χ2n) is 3.77. The molecule has 2 aromatic carbocycles. The van der Waals surface area contributed by atoms with Gasteiger partial charge in [-0.3, -0.25) is 0 Å². The maximum Gasteiger partial charge on any atom is 0.137 e. The summed E-state index contributed by atoms with van der Waals surface area (Å²) in [6.45, 7) is 0. The molecule has 4 nitrogen and oxygen atoms in total. The highest BCUT2D eigenvalue weighted by Gasteiger charge is 2.09. The molecule has 0 unspecified atom stereocenters. The molecule has 0 aliphatic heterocycles. The van der Waals surface area contributed by atoms with E-state index >= 15 is 0 Å². The van der Waals surface area contributed by atoms with Crippen molar-refractivity contribution in [1.82, 2.24) is 0 Å². The number of nitrogen functional groups attached to an aromatic ring is 3. The van der Waals surface area contributed by atoms with Crippen LogP contribution in [0.2, 0.25) is 0 Å². The first-order chi connectivity index (χ1) is 8.13. The van der Waals surface area contributed by atoms with Crippen molar-refractivity contribution in [3.63, 3.8) is 0 Å². The molecule has 0 fully saturated rings. The molecule has 0 saturated carbocycles. The van der Waals surface area contributed by atoms with Gasteiger partial charge >= 0.3 is 0 Å². The van der Waals surface area contributed by atoms with Gasteiger partial charge < -0.3 is 34.7 Å². The summed E-state index contributed by atoms with van der Waals surface area (Å²) >= 11 is 4.87. The first kappa shape index (κ1) is 11.6. The van der Waals surface area contributed by atoms with E-state index in [0.29, 0.717) is 11.4 Å². The lowest BCUT2D eigenvalue weighted by atomic mass is 10.0. The molecule has 0 aromatic heterocycles.